The van der Waals surface area contributed by atoms with Crippen molar-refractivity contribution in [3.8, 4) is 5.75 Å². The number of fused-ring (bicyclic) bond motifs is 1. The van der Waals surface area contributed by atoms with E-state index in [1.165, 1.54) is 7.11 Å². The van der Waals surface area contributed by atoms with Crippen LogP contribution < -0.4 is 10.1 Å². The second kappa shape index (κ2) is 9.42. The van der Waals surface area contributed by atoms with Gasteiger partial charge in [-0.3, -0.25) is 9.59 Å². The maximum atomic E-state index is 13.4. The highest BCUT2D eigenvalue weighted by atomic mass is 35.5. The Balaban J connectivity index is 1.92. The van der Waals surface area contributed by atoms with E-state index < -0.39 is 0 Å². The van der Waals surface area contributed by atoms with Crippen LogP contribution in [0.2, 0.25) is 5.02 Å². The minimum atomic E-state index is -0.181. The number of nitrogens with zero attached hydrogens (tertiary/aromatic N) is 1. The van der Waals surface area contributed by atoms with Gasteiger partial charge in [0.2, 0.25) is 5.91 Å². The molecule has 2 atom stereocenters. The van der Waals surface area contributed by atoms with Crippen molar-refractivity contribution in [3.63, 3.8) is 0 Å². The van der Waals surface area contributed by atoms with Crippen molar-refractivity contribution >= 4 is 23.4 Å². The van der Waals surface area contributed by atoms with E-state index in [1.54, 1.807) is 18.2 Å². The van der Waals surface area contributed by atoms with E-state index in [9.17, 15) is 9.59 Å². The molecule has 1 saturated heterocycles. The Hall–Kier alpha value is -1.79. The van der Waals surface area contributed by atoms with E-state index in [0.29, 0.717) is 42.6 Å². The van der Waals surface area contributed by atoms with Gasteiger partial charge >= 0.3 is 0 Å². The molecule has 1 aromatic carbocycles. The van der Waals surface area contributed by atoms with Gasteiger partial charge in [-0.15, -0.1) is 0 Å². The number of halogens is 1. The highest BCUT2D eigenvalue weighted by Gasteiger charge is 2.37. The number of hydrogen-bond donors (Lipinski definition) is 1. The summed E-state index contributed by atoms with van der Waals surface area (Å²) in [4.78, 5) is 28.0. The summed E-state index contributed by atoms with van der Waals surface area (Å²) in [5, 5.41) is 3.48. The van der Waals surface area contributed by atoms with Crippen LogP contribution in [-0.2, 0) is 9.53 Å². The number of hydrogen-bond acceptors (Lipinski definition) is 4. The first kappa shape index (κ1) is 20.0. The van der Waals surface area contributed by atoms with Crippen LogP contribution in [0.5, 0.6) is 5.75 Å². The molecule has 1 aliphatic carbocycles. The van der Waals surface area contributed by atoms with Crippen molar-refractivity contribution in [2.24, 2.45) is 5.92 Å². The summed E-state index contributed by atoms with van der Waals surface area (Å²) >= 11 is 6.05. The summed E-state index contributed by atoms with van der Waals surface area (Å²) < 4.78 is 10.9. The SMILES string of the molecule is COc1cc(Cl)ccc1C(=O)N1CCCOCCNC(=O)C2CCCCC21. The Bertz CT molecular complexity index is 682. The third-order valence-electron chi connectivity index (χ3n) is 5.35. The highest BCUT2D eigenvalue weighted by molar-refractivity contribution is 6.30. The van der Waals surface area contributed by atoms with Crippen LogP contribution in [0.4, 0.5) is 0 Å². The summed E-state index contributed by atoms with van der Waals surface area (Å²) in [7, 11) is 1.53. The molecule has 1 N–H and O–H groups in total. The molecule has 0 bridgehead atoms. The fourth-order valence-corrected chi connectivity index (χ4v) is 4.18. The van der Waals surface area contributed by atoms with Crippen molar-refractivity contribution in [3.05, 3.63) is 28.8 Å². The number of benzene rings is 1. The van der Waals surface area contributed by atoms with E-state index in [4.69, 9.17) is 21.1 Å². The minimum absolute atomic E-state index is 0.0195. The van der Waals surface area contributed by atoms with Gasteiger partial charge in [0, 0.05) is 30.8 Å². The third-order valence-corrected chi connectivity index (χ3v) is 5.59. The number of methoxy groups -OCH3 is 1. The molecule has 1 aliphatic heterocycles. The third kappa shape index (κ3) is 4.74. The minimum Gasteiger partial charge on any atom is -0.496 e. The largest absolute Gasteiger partial charge is 0.496 e. The van der Waals surface area contributed by atoms with E-state index in [1.807, 2.05) is 4.90 Å². The molecule has 1 heterocycles. The van der Waals surface area contributed by atoms with E-state index in [-0.39, 0.29) is 23.8 Å². The number of carbonyl (C=O) groups is 2. The first-order valence-corrected chi connectivity index (χ1v) is 9.99. The standard InChI is InChI=1S/C20H27ClN2O4/c1-26-18-13-14(21)7-8-16(18)20(25)23-10-4-11-27-12-9-22-19(24)15-5-2-3-6-17(15)23/h7-8,13,15,17H,2-6,9-12H2,1H3,(H,22,24). The Morgan fingerprint density at radius 1 is 1.26 bits per heavy atom. The second-order valence-electron chi connectivity index (χ2n) is 7.06. The van der Waals surface area contributed by atoms with Crippen molar-refractivity contribution in [2.45, 2.75) is 38.1 Å². The second-order valence-corrected chi connectivity index (χ2v) is 7.49. The first-order chi connectivity index (χ1) is 13.1. The van der Waals surface area contributed by atoms with Gasteiger partial charge < -0.3 is 19.7 Å². The molecule has 3 rings (SSSR count). The normalized spacial score (nSPS) is 24.4. The maximum Gasteiger partial charge on any atom is 0.257 e. The van der Waals surface area contributed by atoms with Crippen LogP contribution in [0.15, 0.2) is 18.2 Å². The fourth-order valence-electron chi connectivity index (χ4n) is 4.02. The number of rotatable bonds is 2. The zero-order chi connectivity index (χ0) is 19.2. The Labute approximate surface area is 165 Å². The lowest BCUT2D eigenvalue weighted by Crippen LogP contribution is -2.51. The fraction of sp³-hybridized carbons (Fsp3) is 0.600. The molecule has 2 fully saturated rings. The van der Waals surface area contributed by atoms with Crippen LogP contribution in [0.25, 0.3) is 0 Å². The summed E-state index contributed by atoms with van der Waals surface area (Å²) in [6.07, 6.45) is 4.41. The summed E-state index contributed by atoms with van der Waals surface area (Å²) in [5.74, 6) is 0.174. The maximum absolute atomic E-state index is 13.4. The van der Waals surface area contributed by atoms with Gasteiger partial charge in [-0.2, -0.15) is 0 Å². The topological polar surface area (TPSA) is 67.9 Å². The lowest BCUT2D eigenvalue weighted by atomic mass is 9.82. The number of nitrogens with one attached hydrogen (secondary N) is 1. The zero-order valence-corrected chi connectivity index (χ0v) is 16.5. The molecule has 2 aliphatic rings. The first-order valence-electron chi connectivity index (χ1n) is 9.62. The summed E-state index contributed by atoms with van der Waals surface area (Å²) in [5.41, 5.74) is 0.474. The van der Waals surface area contributed by atoms with Crippen LogP contribution in [0.3, 0.4) is 0 Å². The number of carbonyl (C=O) groups excluding carboxylic acids is 2. The highest BCUT2D eigenvalue weighted by Crippen LogP contribution is 2.32. The Morgan fingerprint density at radius 2 is 2.07 bits per heavy atom. The molecule has 0 radical (unpaired) electrons. The average Bonchev–Trinajstić information content (AvgIpc) is 2.72. The predicted molar refractivity (Wildman–Crippen MR) is 103 cm³/mol. The van der Waals surface area contributed by atoms with Crippen molar-refractivity contribution in [1.29, 1.82) is 0 Å². The molecule has 0 spiro atoms. The number of amides is 2. The van der Waals surface area contributed by atoms with Gasteiger partial charge in [-0.1, -0.05) is 24.4 Å². The van der Waals surface area contributed by atoms with Gasteiger partial charge in [0.1, 0.15) is 5.75 Å². The summed E-state index contributed by atoms with van der Waals surface area (Å²) in [6.45, 7) is 2.14. The van der Waals surface area contributed by atoms with Gasteiger partial charge in [-0.05, 0) is 37.5 Å². The van der Waals surface area contributed by atoms with Crippen molar-refractivity contribution in [1.82, 2.24) is 10.2 Å². The zero-order valence-electron chi connectivity index (χ0n) is 15.7. The van der Waals surface area contributed by atoms with Gasteiger partial charge in [-0.25, -0.2) is 0 Å². The quantitative estimate of drug-likeness (QED) is 0.837. The summed E-state index contributed by atoms with van der Waals surface area (Å²) in [6, 6.07) is 4.93. The van der Waals surface area contributed by atoms with Crippen LogP contribution >= 0.6 is 11.6 Å². The predicted octanol–water partition coefficient (Wildman–Crippen LogP) is 2.89. The average molecular weight is 395 g/mol. The molecular weight excluding hydrogens is 368 g/mol. The Morgan fingerprint density at radius 3 is 2.89 bits per heavy atom. The van der Waals surface area contributed by atoms with Crippen LogP contribution in [0, 0.1) is 5.92 Å². The molecule has 27 heavy (non-hydrogen) atoms. The lowest BCUT2D eigenvalue weighted by molar-refractivity contribution is -0.128. The van der Waals surface area contributed by atoms with E-state index in [0.717, 1.165) is 32.1 Å². The van der Waals surface area contributed by atoms with Gasteiger partial charge in [0.15, 0.2) is 0 Å². The molecule has 6 nitrogen and oxygen atoms in total. The van der Waals surface area contributed by atoms with Gasteiger partial charge in [0.05, 0.1) is 25.2 Å². The van der Waals surface area contributed by atoms with Crippen molar-refractivity contribution in [2.75, 3.05) is 33.4 Å². The van der Waals surface area contributed by atoms with Crippen LogP contribution in [0.1, 0.15) is 42.5 Å². The molecule has 7 heteroatoms. The monoisotopic (exact) mass is 394 g/mol. The smallest absolute Gasteiger partial charge is 0.257 e. The molecule has 2 amide bonds. The molecule has 1 aromatic rings. The Kier molecular flexibility index (Phi) is 6.96. The molecule has 2 unspecified atom stereocenters. The van der Waals surface area contributed by atoms with Crippen LogP contribution in [-0.4, -0.2) is 56.2 Å². The molecule has 0 aromatic heterocycles. The molecule has 1 saturated carbocycles. The van der Waals surface area contributed by atoms with Crippen molar-refractivity contribution < 1.29 is 19.1 Å². The lowest BCUT2D eigenvalue weighted by Gasteiger charge is -2.39. The van der Waals surface area contributed by atoms with E-state index in [2.05, 4.69) is 5.32 Å². The number of ether oxygens (including phenoxy) is 2. The van der Waals surface area contributed by atoms with E-state index >= 15 is 0 Å². The molecular formula is C20H27ClN2O4. The van der Waals surface area contributed by atoms with Gasteiger partial charge in [0.25, 0.3) is 5.91 Å². The molecule has 148 valence electrons.